The van der Waals surface area contributed by atoms with Gasteiger partial charge < -0.3 is 19.9 Å². The van der Waals surface area contributed by atoms with Crippen LogP contribution in [0.2, 0.25) is 0 Å². The fourth-order valence-electron chi connectivity index (χ4n) is 3.71. The minimum Gasteiger partial charge on any atom is -0.368 e. The molecule has 6 heteroatoms. The number of hydrogen-bond donors (Lipinski definition) is 2. The molecule has 3 aromatic rings. The number of piperidine rings is 1. The van der Waals surface area contributed by atoms with Gasteiger partial charge in [-0.25, -0.2) is 4.98 Å². The number of amides is 1. The van der Waals surface area contributed by atoms with Crippen LogP contribution in [0.5, 0.6) is 0 Å². The largest absolute Gasteiger partial charge is 0.368 e. The van der Waals surface area contributed by atoms with Gasteiger partial charge in [-0.2, -0.15) is 0 Å². The number of imidazole rings is 1. The van der Waals surface area contributed by atoms with Crippen LogP contribution in [0.4, 0.5) is 5.69 Å². The summed E-state index contributed by atoms with van der Waals surface area (Å²) in [5.74, 6) is 0.822. The Hall–Kier alpha value is -2.70. The number of hydrogen-bond acceptors (Lipinski definition) is 4. The number of anilines is 1. The number of ether oxygens (including phenoxy) is 1. The van der Waals surface area contributed by atoms with Gasteiger partial charge in [-0.1, -0.05) is 12.1 Å². The zero-order valence-electron chi connectivity index (χ0n) is 15.7. The van der Waals surface area contributed by atoms with E-state index >= 15 is 0 Å². The van der Waals surface area contributed by atoms with Crippen molar-refractivity contribution in [3.63, 3.8) is 0 Å². The number of methoxy groups -OCH3 is 1. The molecule has 0 saturated carbocycles. The third-order valence-electron chi connectivity index (χ3n) is 5.40. The zero-order valence-corrected chi connectivity index (χ0v) is 15.7. The molecule has 140 valence electrons. The first-order chi connectivity index (χ1) is 13.1. The molecule has 0 radical (unpaired) electrons. The average molecular weight is 364 g/mol. The summed E-state index contributed by atoms with van der Waals surface area (Å²) in [6.07, 6.45) is 1.35. The van der Waals surface area contributed by atoms with Crippen molar-refractivity contribution in [2.45, 2.75) is 18.4 Å². The predicted molar refractivity (Wildman–Crippen MR) is 107 cm³/mol. The summed E-state index contributed by atoms with van der Waals surface area (Å²) in [6.45, 7) is 1.57. The Morgan fingerprint density at radius 1 is 1.15 bits per heavy atom. The standard InChI is InChI=1S/C21H24N4O2/c1-25-18-6-4-3-5-17(18)24-19(25)15-7-9-16(10-8-15)23-20(26)21(27-2)11-13-22-14-12-21/h3-10,22H,11-14H2,1-2H3,(H,23,26). The van der Waals surface area contributed by atoms with E-state index in [2.05, 4.69) is 21.3 Å². The third-order valence-corrected chi connectivity index (χ3v) is 5.40. The van der Waals surface area contributed by atoms with E-state index < -0.39 is 5.60 Å². The number of fused-ring (bicyclic) bond motifs is 1. The number of nitrogens with one attached hydrogen (secondary N) is 2. The molecular formula is C21H24N4O2. The van der Waals surface area contributed by atoms with Crippen LogP contribution in [-0.2, 0) is 16.6 Å². The summed E-state index contributed by atoms with van der Waals surface area (Å²) < 4.78 is 7.67. The predicted octanol–water partition coefficient (Wildman–Crippen LogP) is 2.95. The fourth-order valence-corrected chi connectivity index (χ4v) is 3.71. The van der Waals surface area contributed by atoms with Crippen molar-refractivity contribution >= 4 is 22.6 Å². The fraction of sp³-hybridized carbons (Fsp3) is 0.333. The first-order valence-electron chi connectivity index (χ1n) is 9.22. The van der Waals surface area contributed by atoms with Crippen molar-refractivity contribution in [1.82, 2.24) is 14.9 Å². The molecule has 4 rings (SSSR count). The van der Waals surface area contributed by atoms with Crippen LogP contribution in [0.1, 0.15) is 12.8 Å². The summed E-state index contributed by atoms with van der Waals surface area (Å²) in [6, 6.07) is 15.9. The van der Waals surface area contributed by atoms with Crippen LogP contribution in [0.3, 0.4) is 0 Å². The van der Waals surface area contributed by atoms with Crippen LogP contribution in [0, 0.1) is 0 Å². The highest BCUT2D eigenvalue weighted by atomic mass is 16.5. The Morgan fingerprint density at radius 2 is 1.85 bits per heavy atom. The monoisotopic (exact) mass is 364 g/mol. The number of nitrogens with zero attached hydrogens (tertiary/aromatic N) is 2. The van der Waals surface area contributed by atoms with Crippen molar-refractivity contribution in [2.75, 3.05) is 25.5 Å². The van der Waals surface area contributed by atoms with Gasteiger partial charge >= 0.3 is 0 Å². The lowest BCUT2D eigenvalue weighted by Gasteiger charge is -2.34. The lowest BCUT2D eigenvalue weighted by molar-refractivity contribution is -0.140. The summed E-state index contributed by atoms with van der Waals surface area (Å²) in [7, 11) is 3.62. The van der Waals surface area contributed by atoms with Crippen LogP contribution < -0.4 is 10.6 Å². The number of para-hydroxylation sites is 2. The first-order valence-corrected chi connectivity index (χ1v) is 9.22. The van der Waals surface area contributed by atoms with Gasteiger partial charge in [-0.3, -0.25) is 4.79 Å². The van der Waals surface area contributed by atoms with Gasteiger partial charge in [0.25, 0.3) is 5.91 Å². The molecule has 6 nitrogen and oxygen atoms in total. The molecule has 27 heavy (non-hydrogen) atoms. The van der Waals surface area contributed by atoms with Crippen molar-refractivity contribution in [3.05, 3.63) is 48.5 Å². The highest BCUT2D eigenvalue weighted by Gasteiger charge is 2.39. The van der Waals surface area contributed by atoms with E-state index in [9.17, 15) is 4.79 Å². The Labute approximate surface area is 158 Å². The Morgan fingerprint density at radius 3 is 2.52 bits per heavy atom. The molecule has 1 fully saturated rings. The molecule has 1 aliphatic heterocycles. The highest BCUT2D eigenvalue weighted by Crippen LogP contribution is 2.27. The molecule has 0 bridgehead atoms. The van der Waals surface area contributed by atoms with E-state index in [0.29, 0.717) is 12.8 Å². The minimum absolute atomic E-state index is 0.0815. The highest BCUT2D eigenvalue weighted by molar-refractivity contribution is 5.97. The van der Waals surface area contributed by atoms with Gasteiger partial charge in [0.2, 0.25) is 0 Å². The average Bonchev–Trinajstić information content (AvgIpc) is 3.06. The van der Waals surface area contributed by atoms with Gasteiger partial charge in [0.15, 0.2) is 0 Å². The SMILES string of the molecule is COC1(C(=O)Nc2ccc(-c3nc4ccccc4n3C)cc2)CCNCC1. The second-order valence-corrected chi connectivity index (χ2v) is 6.96. The smallest absolute Gasteiger partial charge is 0.256 e. The molecule has 2 heterocycles. The Kier molecular flexibility index (Phi) is 4.68. The minimum atomic E-state index is -0.749. The van der Waals surface area contributed by atoms with E-state index in [1.165, 1.54) is 0 Å². The van der Waals surface area contributed by atoms with E-state index in [-0.39, 0.29) is 5.91 Å². The van der Waals surface area contributed by atoms with Crippen molar-refractivity contribution < 1.29 is 9.53 Å². The van der Waals surface area contributed by atoms with Crippen LogP contribution in [-0.4, -0.2) is 41.3 Å². The molecule has 1 amide bonds. The summed E-state index contributed by atoms with van der Waals surface area (Å²) in [5.41, 5.74) is 3.09. The summed E-state index contributed by atoms with van der Waals surface area (Å²) in [5, 5.41) is 6.27. The van der Waals surface area contributed by atoms with E-state index in [0.717, 1.165) is 41.2 Å². The third kappa shape index (κ3) is 3.22. The first kappa shape index (κ1) is 17.7. The van der Waals surface area contributed by atoms with E-state index in [1.54, 1.807) is 7.11 Å². The number of carbonyl (C=O) groups is 1. The maximum absolute atomic E-state index is 12.8. The van der Waals surface area contributed by atoms with Gasteiger partial charge in [-0.05, 0) is 62.3 Å². The van der Waals surface area contributed by atoms with Crippen LogP contribution in [0.25, 0.3) is 22.4 Å². The van der Waals surface area contributed by atoms with Gasteiger partial charge in [-0.15, -0.1) is 0 Å². The Balaban J connectivity index is 1.55. The molecule has 2 N–H and O–H groups in total. The molecular weight excluding hydrogens is 340 g/mol. The molecule has 1 aromatic heterocycles. The quantitative estimate of drug-likeness (QED) is 0.747. The Bertz CT molecular complexity index is 956. The molecule has 0 atom stereocenters. The second-order valence-electron chi connectivity index (χ2n) is 6.96. The van der Waals surface area contributed by atoms with Crippen molar-refractivity contribution in [2.24, 2.45) is 7.05 Å². The van der Waals surface area contributed by atoms with E-state index in [4.69, 9.17) is 9.72 Å². The van der Waals surface area contributed by atoms with Crippen LogP contribution in [0.15, 0.2) is 48.5 Å². The summed E-state index contributed by atoms with van der Waals surface area (Å²) in [4.78, 5) is 17.5. The molecule has 0 spiro atoms. The molecule has 0 aliphatic carbocycles. The maximum atomic E-state index is 12.8. The molecule has 2 aromatic carbocycles. The lowest BCUT2D eigenvalue weighted by Crippen LogP contribution is -2.51. The topological polar surface area (TPSA) is 68.2 Å². The zero-order chi connectivity index (χ0) is 18.9. The lowest BCUT2D eigenvalue weighted by atomic mass is 9.91. The second kappa shape index (κ2) is 7.13. The number of rotatable bonds is 4. The molecule has 1 saturated heterocycles. The normalized spacial score (nSPS) is 16.4. The molecule has 1 aliphatic rings. The van der Waals surface area contributed by atoms with Crippen LogP contribution >= 0.6 is 0 Å². The van der Waals surface area contributed by atoms with Crippen molar-refractivity contribution in [3.8, 4) is 11.4 Å². The van der Waals surface area contributed by atoms with Crippen molar-refractivity contribution in [1.29, 1.82) is 0 Å². The number of aromatic nitrogens is 2. The maximum Gasteiger partial charge on any atom is 0.256 e. The van der Waals surface area contributed by atoms with Gasteiger partial charge in [0.05, 0.1) is 11.0 Å². The number of benzene rings is 2. The summed E-state index contributed by atoms with van der Waals surface area (Å²) >= 11 is 0. The number of aryl methyl sites for hydroxylation is 1. The molecule has 0 unspecified atom stereocenters. The number of carbonyl (C=O) groups excluding carboxylic acids is 1. The van der Waals surface area contributed by atoms with Gasteiger partial charge in [0.1, 0.15) is 11.4 Å². The van der Waals surface area contributed by atoms with E-state index in [1.807, 2.05) is 49.5 Å². The van der Waals surface area contributed by atoms with Gasteiger partial charge in [0, 0.05) is 25.4 Å².